The first-order chi connectivity index (χ1) is 19.4. The van der Waals surface area contributed by atoms with Crippen molar-refractivity contribution in [3.05, 3.63) is 71.8 Å². The van der Waals surface area contributed by atoms with Gasteiger partial charge in [-0.15, -0.1) is 0 Å². The van der Waals surface area contributed by atoms with Crippen LogP contribution in [-0.4, -0.2) is 70.7 Å². The number of carbonyl (C=O) groups excluding carboxylic acids is 1. The van der Waals surface area contributed by atoms with Crippen molar-refractivity contribution in [1.82, 2.24) is 0 Å². The van der Waals surface area contributed by atoms with E-state index in [0.29, 0.717) is 0 Å². The Morgan fingerprint density at radius 1 is 0.780 bits per heavy atom. The maximum Gasteiger partial charge on any atom is 0.311 e. The van der Waals surface area contributed by atoms with E-state index < -0.39 is 72.3 Å². The van der Waals surface area contributed by atoms with Crippen molar-refractivity contribution in [2.45, 2.75) is 95.5 Å². The van der Waals surface area contributed by atoms with Crippen LogP contribution in [0.15, 0.2) is 60.7 Å². The summed E-state index contributed by atoms with van der Waals surface area (Å²) < 4.78 is 35.6. The number of aliphatic hydroxyl groups is 1. The van der Waals surface area contributed by atoms with Gasteiger partial charge >= 0.3 is 11.9 Å². The van der Waals surface area contributed by atoms with Crippen molar-refractivity contribution in [2.24, 2.45) is 11.8 Å². The molecule has 10 nitrogen and oxygen atoms in total. The van der Waals surface area contributed by atoms with Crippen molar-refractivity contribution in [2.75, 3.05) is 0 Å². The van der Waals surface area contributed by atoms with Gasteiger partial charge in [0.2, 0.25) is 6.29 Å². The molecule has 0 radical (unpaired) electrons. The van der Waals surface area contributed by atoms with Crippen molar-refractivity contribution in [1.29, 1.82) is 0 Å². The molecule has 8 atom stereocenters. The normalized spacial score (nSPS) is 30.0. The number of carbonyl (C=O) groups is 2. The molecule has 3 saturated heterocycles. The first-order valence-electron chi connectivity index (χ1n) is 14.0. The molecule has 3 fully saturated rings. The highest BCUT2D eigenvalue weighted by molar-refractivity contribution is 5.75. The lowest BCUT2D eigenvalue weighted by molar-refractivity contribution is -0.285. The Morgan fingerprint density at radius 3 is 1.88 bits per heavy atom. The van der Waals surface area contributed by atoms with Crippen LogP contribution in [0.2, 0.25) is 0 Å². The third-order valence-corrected chi connectivity index (χ3v) is 7.61. The maximum absolute atomic E-state index is 13.6. The topological polar surface area (TPSA) is 130 Å². The third kappa shape index (κ3) is 6.97. The van der Waals surface area contributed by atoms with Gasteiger partial charge in [-0.25, -0.2) is 0 Å². The van der Waals surface area contributed by atoms with Crippen LogP contribution in [0.1, 0.15) is 45.2 Å². The third-order valence-electron chi connectivity index (χ3n) is 7.61. The summed E-state index contributed by atoms with van der Waals surface area (Å²) in [7, 11) is 0. The molecular formula is C31H38O10. The van der Waals surface area contributed by atoms with Crippen molar-refractivity contribution in [3.63, 3.8) is 0 Å². The number of aliphatic carboxylic acids is 1. The first kappa shape index (κ1) is 29.6. The van der Waals surface area contributed by atoms with E-state index in [4.69, 9.17) is 28.4 Å². The Balaban J connectivity index is 1.34. The number of carboxylic acids is 1. The van der Waals surface area contributed by atoms with Crippen LogP contribution in [0.4, 0.5) is 0 Å². The van der Waals surface area contributed by atoms with Gasteiger partial charge in [0.25, 0.3) is 0 Å². The standard InChI is InChI=1S/C31H38O10/c1-30(2)38-22-23(39-30)25-29(41-31(3,4)40-25)36-24(22)28(35)37-27(34)21(16-19-13-9-6-10-14-19)17-20(26(32)33)15-18-11-7-5-8-12-18/h5-14,20-25,28-29,35H,15-17H2,1-4H3,(H,32,33)/t20?,21?,22-,23+,24+,25-,28+,29+/m1/s1. The molecule has 0 spiro atoms. The largest absolute Gasteiger partial charge is 0.481 e. The second-order valence-electron chi connectivity index (χ2n) is 11.8. The molecular weight excluding hydrogens is 532 g/mol. The molecule has 0 bridgehead atoms. The minimum absolute atomic E-state index is 0.0186. The highest BCUT2D eigenvalue weighted by Gasteiger charge is 2.62. The van der Waals surface area contributed by atoms with Crippen LogP contribution in [0.5, 0.6) is 0 Å². The average Bonchev–Trinajstić information content (AvgIpc) is 3.41. The maximum atomic E-state index is 13.6. The van der Waals surface area contributed by atoms with Gasteiger partial charge in [-0.05, 0) is 58.1 Å². The van der Waals surface area contributed by atoms with Gasteiger partial charge in [-0.2, -0.15) is 0 Å². The molecule has 5 rings (SSSR count). The van der Waals surface area contributed by atoms with Crippen molar-refractivity contribution < 1.29 is 48.2 Å². The molecule has 3 aliphatic rings. The molecule has 0 saturated carbocycles. The van der Waals surface area contributed by atoms with Gasteiger partial charge in [0, 0.05) is 0 Å². The van der Waals surface area contributed by atoms with E-state index >= 15 is 0 Å². The summed E-state index contributed by atoms with van der Waals surface area (Å²) in [5.74, 6) is -5.36. The van der Waals surface area contributed by atoms with E-state index in [9.17, 15) is 19.8 Å². The highest BCUT2D eigenvalue weighted by Crippen LogP contribution is 2.45. The molecule has 0 amide bonds. The first-order valence-corrected chi connectivity index (χ1v) is 14.0. The lowest BCUT2D eigenvalue weighted by atomic mass is 9.86. The van der Waals surface area contributed by atoms with Crippen LogP contribution in [0.3, 0.4) is 0 Å². The van der Waals surface area contributed by atoms with Gasteiger partial charge in [0.15, 0.2) is 24.0 Å². The smallest absolute Gasteiger partial charge is 0.311 e. The van der Waals surface area contributed by atoms with Gasteiger partial charge in [0.1, 0.15) is 18.3 Å². The van der Waals surface area contributed by atoms with Crippen LogP contribution >= 0.6 is 0 Å². The van der Waals surface area contributed by atoms with Crippen molar-refractivity contribution in [3.8, 4) is 0 Å². The molecule has 2 N–H and O–H groups in total. The number of rotatable bonds is 10. The van der Waals surface area contributed by atoms with Gasteiger partial charge in [-0.1, -0.05) is 60.7 Å². The Labute approximate surface area is 239 Å². The number of carboxylic acid groups (broad SMARTS) is 1. The molecule has 41 heavy (non-hydrogen) atoms. The summed E-state index contributed by atoms with van der Waals surface area (Å²) in [6.07, 6.45) is -5.24. The van der Waals surface area contributed by atoms with E-state index in [1.165, 1.54) is 0 Å². The van der Waals surface area contributed by atoms with E-state index in [0.717, 1.165) is 11.1 Å². The Hall–Kier alpha value is -2.86. The van der Waals surface area contributed by atoms with Gasteiger partial charge in [0.05, 0.1) is 11.8 Å². The quantitative estimate of drug-likeness (QED) is 0.324. The number of esters is 1. The molecule has 10 heteroatoms. The monoisotopic (exact) mass is 570 g/mol. The molecule has 2 unspecified atom stereocenters. The van der Waals surface area contributed by atoms with E-state index in [1.54, 1.807) is 27.7 Å². The van der Waals surface area contributed by atoms with E-state index in [-0.39, 0.29) is 19.3 Å². The SMILES string of the molecule is CC1(C)O[C@@H]2[C@H](O1)[C@H]1OC(C)(C)O[C@@H]1O[C@@H]2[C@@H](O)OC(=O)C(Cc1ccccc1)CC(Cc1ccccc1)C(=O)O. The number of hydrogen-bond donors (Lipinski definition) is 2. The molecule has 0 aromatic heterocycles. The number of hydrogen-bond acceptors (Lipinski definition) is 9. The zero-order chi connectivity index (χ0) is 29.4. The Kier molecular flexibility index (Phi) is 8.52. The predicted octanol–water partition coefficient (Wildman–Crippen LogP) is 3.44. The molecule has 3 aliphatic heterocycles. The van der Waals surface area contributed by atoms with Crippen LogP contribution < -0.4 is 0 Å². The zero-order valence-electron chi connectivity index (χ0n) is 23.7. The fourth-order valence-electron chi connectivity index (χ4n) is 5.83. The Morgan fingerprint density at radius 2 is 1.29 bits per heavy atom. The summed E-state index contributed by atoms with van der Waals surface area (Å²) in [6.45, 7) is 6.98. The summed E-state index contributed by atoms with van der Waals surface area (Å²) in [5, 5.41) is 21.2. The van der Waals surface area contributed by atoms with E-state index in [1.807, 2.05) is 60.7 Å². The number of aliphatic hydroxyl groups excluding tert-OH is 1. The number of ether oxygens (including phenoxy) is 6. The molecule has 2 aromatic carbocycles. The van der Waals surface area contributed by atoms with Crippen molar-refractivity contribution >= 4 is 11.9 Å². The summed E-state index contributed by atoms with van der Waals surface area (Å²) in [4.78, 5) is 25.9. The molecule has 2 aromatic rings. The van der Waals surface area contributed by atoms with E-state index in [2.05, 4.69) is 0 Å². The van der Waals surface area contributed by atoms with Crippen LogP contribution in [-0.2, 0) is 50.9 Å². The molecule has 0 aliphatic carbocycles. The highest BCUT2D eigenvalue weighted by atomic mass is 16.9. The summed E-state index contributed by atoms with van der Waals surface area (Å²) >= 11 is 0. The van der Waals surface area contributed by atoms with Gasteiger partial charge < -0.3 is 38.6 Å². The lowest BCUT2D eigenvalue weighted by Gasteiger charge is -2.38. The molecule has 3 heterocycles. The van der Waals surface area contributed by atoms with Gasteiger partial charge in [-0.3, -0.25) is 9.59 Å². The number of fused-ring (bicyclic) bond motifs is 3. The fraction of sp³-hybridized carbons (Fsp3) is 0.548. The number of benzene rings is 2. The summed E-state index contributed by atoms with van der Waals surface area (Å²) in [5.41, 5.74) is 1.70. The zero-order valence-corrected chi connectivity index (χ0v) is 23.7. The lowest BCUT2D eigenvalue weighted by Crippen LogP contribution is -2.59. The predicted molar refractivity (Wildman–Crippen MR) is 144 cm³/mol. The second-order valence-corrected chi connectivity index (χ2v) is 11.8. The summed E-state index contributed by atoms with van der Waals surface area (Å²) in [6, 6.07) is 18.6. The second kappa shape index (κ2) is 11.8. The minimum atomic E-state index is -1.73. The average molecular weight is 571 g/mol. The Bertz CT molecular complexity index is 1200. The fourth-order valence-corrected chi connectivity index (χ4v) is 5.83. The van der Waals surface area contributed by atoms with Crippen LogP contribution in [0.25, 0.3) is 0 Å². The minimum Gasteiger partial charge on any atom is -0.481 e. The molecule has 222 valence electrons. The van der Waals surface area contributed by atoms with Crippen LogP contribution in [0, 0.1) is 11.8 Å².